The van der Waals surface area contributed by atoms with Gasteiger partial charge in [-0.2, -0.15) is 0 Å². The second kappa shape index (κ2) is 3.98. The maximum Gasteiger partial charge on any atom is 0.159 e. The summed E-state index contributed by atoms with van der Waals surface area (Å²) in [5.41, 5.74) is 6.74. The van der Waals surface area contributed by atoms with Crippen molar-refractivity contribution in [3.63, 3.8) is 0 Å². The number of benzene rings is 1. The van der Waals surface area contributed by atoms with E-state index in [2.05, 4.69) is 0 Å². The molecule has 3 heteroatoms. The highest BCUT2D eigenvalue weighted by Gasteiger charge is 1.96. The molecule has 0 bridgehead atoms. The largest absolute Gasteiger partial charge is 0.399 e. The van der Waals surface area contributed by atoms with Gasteiger partial charge in [-0.05, 0) is 19.1 Å². The SMILES string of the molecule is CC(=O)c1cccc(N)c1.Cl. The Kier molecular flexibility index (Phi) is 3.61. The van der Waals surface area contributed by atoms with E-state index in [9.17, 15) is 4.79 Å². The van der Waals surface area contributed by atoms with Crippen LogP contribution < -0.4 is 5.73 Å². The zero-order chi connectivity index (χ0) is 7.56. The number of ketones is 1. The maximum atomic E-state index is 10.7. The van der Waals surface area contributed by atoms with Gasteiger partial charge in [0.25, 0.3) is 0 Å². The van der Waals surface area contributed by atoms with Crippen molar-refractivity contribution in [1.82, 2.24) is 0 Å². The van der Waals surface area contributed by atoms with Gasteiger partial charge in [0.1, 0.15) is 0 Å². The van der Waals surface area contributed by atoms with Crippen LogP contribution in [0.25, 0.3) is 0 Å². The molecule has 0 saturated carbocycles. The lowest BCUT2D eigenvalue weighted by Crippen LogP contribution is -1.93. The van der Waals surface area contributed by atoms with Crippen LogP contribution in [0, 0.1) is 0 Å². The van der Waals surface area contributed by atoms with Crippen LogP contribution in [-0.2, 0) is 0 Å². The second-order valence-corrected chi connectivity index (χ2v) is 2.18. The third-order valence-corrected chi connectivity index (χ3v) is 1.29. The molecule has 0 aliphatic rings. The number of hydrogen-bond donors (Lipinski definition) is 1. The predicted octanol–water partition coefficient (Wildman–Crippen LogP) is 1.89. The molecule has 0 fully saturated rings. The minimum absolute atomic E-state index is 0. The first-order valence-corrected chi connectivity index (χ1v) is 3.06. The van der Waals surface area contributed by atoms with Crippen LogP contribution in [0.2, 0.25) is 0 Å². The molecule has 0 heterocycles. The quantitative estimate of drug-likeness (QED) is 0.518. The molecule has 0 amide bonds. The smallest absolute Gasteiger partial charge is 0.159 e. The molecule has 1 rings (SSSR count). The topological polar surface area (TPSA) is 43.1 Å². The van der Waals surface area contributed by atoms with Gasteiger partial charge in [0.05, 0.1) is 0 Å². The Balaban J connectivity index is 0.000001000. The fraction of sp³-hybridized carbons (Fsp3) is 0.125. The molecule has 0 radical (unpaired) electrons. The fourth-order valence-electron chi connectivity index (χ4n) is 0.758. The molecule has 0 saturated heterocycles. The van der Waals surface area contributed by atoms with Crippen LogP contribution in [-0.4, -0.2) is 5.78 Å². The Morgan fingerprint density at radius 2 is 2.09 bits per heavy atom. The number of anilines is 1. The van der Waals surface area contributed by atoms with Crippen LogP contribution in [0.4, 0.5) is 5.69 Å². The van der Waals surface area contributed by atoms with Gasteiger partial charge >= 0.3 is 0 Å². The second-order valence-electron chi connectivity index (χ2n) is 2.18. The van der Waals surface area contributed by atoms with Gasteiger partial charge in [-0.15, -0.1) is 12.4 Å². The molecule has 2 N–H and O–H groups in total. The van der Waals surface area contributed by atoms with E-state index in [1.165, 1.54) is 6.92 Å². The van der Waals surface area contributed by atoms with Gasteiger partial charge in [-0.25, -0.2) is 0 Å². The first-order valence-electron chi connectivity index (χ1n) is 3.06. The predicted molar refractivity (Wildman–Crippen MR) is 48.1 cm³/mol. The van der Waals surface area contributed by atoms with Gasteiger partial charge < -0.3 is 5.73 Å². The average Bonchev–Trinajstić information content (AvgIpc) is 1.88. The summed E-state index contributed by atoms with van der Waals surface area (Å²) in [5.74, 6) is 0.0484. The highest BCUT2D eigenvalue weighted by molar-refractivity contribution is 5.94. The first-order chi connectivity index (χ1) is 4.70. The highest BCUT2D eigenvalue weighted by Crippen LogP contribution is 2.06. The molecule has 2 nitrogen and oxygen atoms in total. The molecule has 1 aromatic carbocycles. The van der Waals surface area contributed by atoms with E-state index in [-0.39, 0.29) is 18.2 Å². The molecule has 11 heavy (non-hydrogen) atoms. The summed E-state index contributed by atoms with van der Waals surface area (Å²) in [6, 6.07) is 6.94. The summed E-state index contributed by atoms with van der Waals surface area (Å²) in [6.45, 7) is 1.52. The maximum absolute atomic E-state index is 10.7. The summed E-state index contributed by atoms with van der Waals surface area (Å²) in [4.78, 5) is 10.7. The molecular weight excluding hydrogens is 162 g/mol. The van der Waals surface area contributed by atoms with Crippen molar-refractivity contribution in [2.24, 2.45) is 0 Å². The van der Waals surface area contributed by atoms with Gasteiger partial charge in [-0.3, -0.25) is 4.79 Å². The van der Waals surface area contributed by atoms with E-state index in [1.807, 2.05) is 0 Å². The first kappa shape index (κ1) is 9.98. The lowest BCUT2D eigenvalue weighted by atomic mass is 10.1. The van der Waals surface area contributed by atoms with Crippen LogP contribution in [0.1, 0.15) is 17.3 Å². The number of nitrogens with two attached hydrogens (primary N) is 1. The van der Waals surface area contributed by atoms with Crippen molar-refractivity contribution in [1.29, 1.82) is 0 Å². The number of carbonyl (C=O) groups is 1. The number of nitrogen functional groups attached to an aromatic ring is 1. The van der Waals surface area contributed by atoms with Gasteiger partial charge in [0, 0.05) is 11.3 Å². The van der Waals surface area contributed by atoms with E-state index < -0.39 is 0 Å². The number of Topliss-reactive ketones (excluding diaryl/α,β-unsaturated/α-hetero) is 1. The van der Waals surface area contributed by atoms with Crippen LogP contribution in [0.3, 0.4) is 0 Å². The van der Waals surface area contributed by atoms with Crippen molar-refractivity contribution in [3.8, 4) is 0 Å². The van der Waals surface area contributed by atoms with Crippen LogP contribution in [0.5, 0.6) is 0 Å². The molecule has 0 aromatic heterocycles. The molecule has 0 unspecified atom stereocenters. The lowest BCUT2D eigenvalue weighted by molar-refractivity contribution is 0.101. The van der Waals surface area contributed by atoms with E-state index in [0.29, 0.717) is 11.3 Å². The highest BCUT2D eigenvalue weighted by atomic mass is 35.5. The monoisotopic (exact) mass is 171 g/mol. The Labute approximate surface area is 71.8 Å². The van der Waals surface area contributed by atoms with E-state index >= 15 is 0 Å². The normalized spacial score (nSPS) is 8.45. The lowest BCUT2D eigenvalue weighted by Gasteiger charge is -1.94. The molecule has 0 spiro atoms. The Hall–Kier alpha value is -1.02. The van der Waals surface area contributed by atoms with Crippen molar-refractivity contribution >= 4 is 23.9 Å². The zero-order valence-electron chi connectivity index (χ0n) is 6.20. The number of carbonyl (C=O) groups excluding carboxylic acids is 1. The number of rotatable bonds is 1. The fourth-order valence-corrected chi connectivity index (χ4v) is 0.758. The number of halogens is 1. The summed E-state index contributed by atoms with van der Waals surface area (Å²) < 4.78 is 0. The summed E-state index contributed by atoms with van der Waals surface area (Å²) >= 11 is 0. The minimum Gasteiger partial charge on any atom is -0.399 e. The molecule has 0 aliphatic carbocycles. The number of hydrogen-bond acceptors (Lipinski definition) is 2. The van der Waals surface area contributed by atoms with E-state index in [0.717, 1.165) is 0 Å². The summed E-state index contributed by atoms with van der Waals surface area (Å²) in [7, 11) is 0. The van der Waals surface area contributed by atoms with Crippen molar-refractivity contribution in [2.45, 2.75) is 6.92 Å². The third kappa shape index (κ3) is 2.60. The van der Waals surface area contributed by atoms with Crippen molar-refractivity contribution in [3.05, 3.63) is 29.8 Å². The van der Waals surface area contributed by atoms with Crippen molar-refractivity contribution in [2.75, 3.05) is 5.73 Å². The van der Waals surface area contributed by atoms with Gasteiger partial charge in [-0.1, -0.05) is 12.1 Å². The molecular formula is C8H10ClNO. The van der Waals surface area contributed by atoms with Gasteiger partial charge in [0.15, 0.2) is 5.78 Å². The third-order valence-electron chi connectivity index (χ3n) is 1.29. The summed E-state index contributed by atoms with van der Waals surface area (Å²) in [5, 5.41) is 0. The minimum atomic E-state index is 0. The van der Waals surface area contributed by atoms with Gasteiger partial charge in [0.2, 0.25) is 0 Å². The Morgan fingerprint density at radius 1 is 1.45 bits per heavy atom. The van der Waals surface area contributed by atoms with Crippen LogP contribution in [0.15, 0.2) is 24.3 Å². The Bertz CT molecular complexity index is 260. The van der Waals surface area contributed by atoms with E-state index in [1.54, 1.807) is 24.3 Å². The summed E-state index contributed by atoms with van der Waals surface area (Å²) in [6.07, 6.45) is 0. The molecule has 60 valence electrons. The molecule has 0 atom stereocenters. The standard InChI is InChI=1S/C8H9NO.ClH/c1-6(10)7-3-2-4-8(9)5-7;/h2-5H,9H2,1H3;1H. The zero-order valence-corrected chi connectivity index (χ0v) is 7.02. The van der Waals surface area contributed by atoms with Crippen molar-refractivity contribution < 1.29 is 4.79 Å². The Morgan fingerprint density at radius 3 is 2.45 bits per heavy atom. The van der Waals surface area contributed by atoms with Crippen LogP contribution >= 0.6 is 12.4 Å². The molecule has 0 aliphatic heterocycles. The molecule has 1 aromatic rings. The van der Waals surface area contributed by atoms with E-state index in [4.69, 9.17) is 5.73 Å². The average molecular weight is 172 g/mol.